The SMILES string of the molecule is O=C(O)[C@H](Cc1ccccc1)NCCc1ccccc1O. The summed E-state index contributed by atoms with van der Waals surface area (Å²) < 4.78 is 0. The van der Waals surface area contributed by atoms with Crippen molar-refractivity contribution in [2.45, 2.75) is 18.9 Å². The largest absolute Gasteiger partial charge is 0.508 e. The first-order valence-corrected chi connectivity index (χ1v) is 6.94. The van der Waals surface area contributed by atoms with Gasteiger partial charge in [0.2, 0.25) is 0 Å². The van der Waals surface area contributed by atoms with Crippen LogP contribution < -0.4 is 5.32 Å². The van der Waals surface area contributed by atoms with Crippen molar-refractivity contribution < 1.29 is 15.0 Å². The second kappa shape index (κ2) is 7.45. The Morgan fingerprint density at radius 1 is 1.05 bits per heavy atom. The highest BCUT2D eigenvalue weighted by atomic mass is 16.4. The molecule has 0 aliphatic carbocycles. The maximum absolute atomic E-state index is 11.3. The van der Waals surface area contributed by atoms with E-state index in [1.807, 2.05) is 42.5 Å². The number of para-hydroxylation sites is 1. The van der Waals surface area contributed by atoms with E-state index >= 15 is 0 Å². The molecule has 0 unspecified atom stereocenters. The van der Waals surface area contributed by atoms with Crippen LogP contribution in [-0.4, -0.2) is 28.8 Å². The lowest BCUT2D eigenvalue weighted by Gasteiger charge is -2.15. The summed E-state index contributed by atoms with van der Waals surface area (Å²) in [6, 6.07) is 16.0. The van der Waals surface area contributed by atoms with Gasteiger partial charge in [0.25, 0.3) is 0 Å². The van der Waals surface area contributed by atoms with E-state index in [0.29, 0.717) is 19.4 Å². The molecule has 3 N–H and O–H groups in total. The summed E-state index contributed by atoms with van der Waals surface area (Å²) in [5, 5.41) is 22.0. The Hall–Kier alpha value is -2.33. The summed E-state index contributed by atoms with van der Waals surface area (Å²) in [6.45, 7) is 0.501. The number of phenolic OH excluding ortho intramolecular Hbond substituents is 1. The fourth-order valence-corrected chi connectivity index (χ4v) is 2.20. The molecular formula is C17H19NO3. The summed E-state index contributed by atoms with van der Waals surface area (Å²) in [7, 11) is 0. The highest BCUT2D eigenvalue weighted by molar-refractivity contribution is 5.73. The van der Waals surface area contributed by atoms with Crippen LogP contribution in [0.5, 0.6) is 5.75 Å². The summed E-state index contributed by atoms with van der Waals surface area (Å²) in [4.78, 5) is 11.3. The van der Waals surface area contributed by atoms with Crippen molar-refractivity contribution >= 4 is 5.97 Å². The minimum absolute atomic E-state index is 0.245. The van der Waals surface area contributed by atoms with Gasteiger partial charge in [-0.1, -0.05) is 48.5 Å². The third kappa shape index (κ3) is 4.61. The Morgan fingerprint density at radius 2 is 1.71 bits per heavy atom. The molecule has 21 heavy (non-hydrogen) atoms. The van der Waals surface area contributed by atoms with Crippen molar-refractivity contribution in [3.8, 4) is 5.75 Å². The highest BCUT2D eigenvalue weighted by Crippen LogP contribution is 2.15. The van der Waals surface area contributed by atoms with Gasteiger partial charge < -0.3 is 15.5 Å². The fourth-order valence-electron chi connectivity index (χ4n) is 2.20. The second-order valence-corrected chi connectivity index (χ2v) is 4.91. The lowest BCUT2D eigenvalue weighted by atomic mass is 10.1. The fraction of sp³-hybridized carbons (Fsp3) is 0.235. The Bertz CT molecular complexity index is 584. The first-order chi connectivity index (χ1) is 10.2. The quantitative estimate of drug-likeness (QED) is 0.729. The molecule has 0 saturated carbocycles. The number of carbonyl (C=O) groups is 1. The van der Waals surface area contributed by atoms with Gasteiger partial charge in [-0.2, -0.15) is 0 Å². The topological polar surface area (TPSA) is 69.6 Å². The number of carboxylic acid groups (broad SMARTS) is 1. The van der Waals surface area contributed by atoms with Gasteiger partial charge in [0.1, 0.15) is 11.8 Å². The molecule has 0 bridgehead atoms. The van der Waals surface area contributed by atoms with Gasteiger partial charge in [-0.3, -0.25) is 4.79 Å². The molecule has 0 amide bonds. The summed E-state index contributed by atoms with van der Waals surface area (Å²) >= 11 is 0. The summed E-state index contributed by atoms with van der Waals surface area (Å²) in [5.41, 5.74) is 1.80. The molecule has 110 valence electrons. The number of hydrogen-bond donors (Lipinski definition) is 3. The van der Waals surface area contributed by atoms with Crippen molar-refractivity contribution in [3.05, 3.63) is 65.7 Å². The van der Waals surface area contributed by atoms with Crippen molar-refractivity contribution in [1.29, 1.82) is 0 Å². The van der Waals surface area contributed by atoms with Crippen LogP contribution in [0.25, 0.3) is 0 Å². The third-order valence-electron chi connectivity index (χ3n) is 3.36. The number of aliphatic carboxylic acids is 1. The molecule has 0 aromatic heterocycles. The van der Waals surface area contributed by atoms with Gasteiger partial charge in [-0.25, -0.2) is 0 Å². The molecule has 2 rings (SSSR count). The van der Waals surface area contributed by atoms with Crippen LogP contribution in [0.4, 0.5) is 0 Å². The average Bonchev–Trinajstić information content (AvgIpc) is 2.49. The first kappa shape index (κ1) is 15.1. The number of carboxylic acids is 1. The summed E-state index contributed by atoms with van der Waals surface area (Å²) in [6.07, 6.45) is 1.03. The van der Waals surface area contributed by atoms with E-state index in [1.54, 1.807) is 12.1 Å². The van der Waals surface area contributed by atoms with E-state index in [2.05, 4.69) is 5.32 Å². The van der Waals surface area contributed by atoms with Crippen LogP contribution in [0.1, 0.15) is 11.1 Å². The smallest absolute Gasteiger partial charge is 0.321 e. The van der Waals surface area contributed by atoms with Crippen LogP contribution in [0.15, 0.2) is 54.6 Å². The number of aromatic hydroxyl groups is 1. The Balaban J connectivity index is 1.89. The number of phenols is 1. The minimum Gasteiger partial charge on any atom is -0.508 e. The Morgan fingerprint density at radius 3 is 2.38 bits per heavy atom. The molecule has 0 aliphatic heterocycles. The van der Waals surface area contributed by atoms with E-state index in [9.17, 15) is 15.0 Å². The molecular weight excluding hydrogens is 266 g/mol. The molecule has 2 aromatic carbocycles. The van der Waals surface area contributed by atoms with Gasteiger partial charge in [0.05, 0.1) is 0 Å². The predicted octanol–water partition coefficient (Wildman–Crippen LogP) is 2.22. The molecule has 0 saturated heterocycles. The van der Waals surface area contributed by atoms with E-state index in [1.165, 1.54) is 0 Å². The molecule has 0 aliphatic rings. The number of nitrogens with one attached hydrogen (secondary N) is 1. The molecule has 0 heterocycles. The van der Waals surface area contributed by atoms with Gasteiger partial charge in [-0.05, 0) is 30.0 Å². The number of hydrogen-bond acceptors (Lipinski definition) is 3. The zero-order valence-electron chi connectivity index (χ0n) is 11.7. The molecule has 0 spiro atoms. The summed E-state index contributed by atoms with van der Waals surface area (Å²) in [5.74, 6) is -0.620. The maximum atomic E-state index is 11.3. The van der Waals surface area contributed by atoms with Crippen LogP contribution in [-0.2, 0) is 17.6 Å². The van der Waals surface area contributed by atoms with E-state index in [0.717, 1.165) is 11.1 Å². The van der Waals surface area contributed by atoms with Crippen LogP contribution >= 0.6 is 0 Å². The lowest BCUT2D eigenvalue weighted by Crippen LogP contribution is -2.39. The molecule has 4 heteroatoms. The first-order valence-electron chi connectivity index (χ1n) is 6.94. The number of rotatable bonds is 7. The average molecular weight is 285 g/mol. The zero-order valence-corrected chi connectivity index (χ0v) is 11.7. The van der Waals surface area contributed by atoms with E-state index in [-0.39, 0.29) is 5.75 Å². The van der Waals surface area contributed by atoms with E-state index in [4.69, 9.17) is 0 Å². The van der Waals surface area contributed by atoms with Crippen molar-refractivity contribution in [2.75, 3.05) is 6.54 Å². The Kier molecular flexibility index (Phi) is 5.35. The maximum Gasteiger partial charge on any atom is 0.321 e. The lowest BCUT2D eigenvalue weighted by molar-refractivity contribution is -0.139. The minimum atomic E-state index is -0.865. The van der Waals surface area contributed by atoms with Gasteiger partial charge in [-0.15, -0.1) is 0 Å². The second-order valence-electron chi connectivity index (χ2n) is 4.91. The monoisotopic (exact) mass is 285 g/mol. The van der Waals surface area contributed by atoms with Crippen molar-refractivity contribution in [2.24, 2.45) is 0 Å². The van der Waals surface area contributed by atoms with Crippen molar-refractivity contribution in [3.63, 3.8) is 0 Å². The molecule has 0 fully saturated rings. The molecule has 0 radical (unpaired) electrons. The van der Waals surface area contributed by atoms with Gasteiger partial charge in [0, 0.05) is 6.54 Å². The normalized spacial score (nSPS) is 12.0. The van der Waals surface area contributed by atoms with Crippen molar-refractivity contribution in [1.82, 2.24) is 5.32 Å². The molecule has 2 aromatic rings. The van der Waals surface area contributed by atoms with Gasteiger partial charge >= 0.3 is 5.97 Å². The van der Waals surface area contributed by atoms with Crippen LogP contribution in [0.3, 0.4) is 0 Å². The molecule has 1 atom stereocenters. The Labute approximate surface area is 124 Å². The van der Waals surface area contributed by atoms with Gasteiger partial charge in [0.15, 0.2) is 0 Å². The highest BCUT2D eigenvalue weighted by Gasteiger charge is 2.17. The van der Waals surface area contributed by atoms with E-state index < -0.39 is 12.0 Å². The third-order valence-corrected chi connectivity index (χ3v) is 3.36. The standard InChI is InChI=1S/C17H19NO3/c19-16-9-5-4-8-14(16)10-11-18-15(17(20)21)12-13-6-2-1-3-7-13/h1-9,15,18-19H,10-12H2,(H,20,21)/t15-/m0/s1. The molecule has 4 nitrogen and oxygen atoms in total. The van der Waals surface area contributed by atoms with Crippen LogP contribution in [0, 0.1) is 0 Å². The van der Waals surface area contributed by atoms with Crippen LogP contribution in [0.2, 0.25) is 0 Å². The zero-order chi connectivity index (χ0) is 15.1. The predicted molar refractivity (Wildman–Crippen MR) is 81.4 cm³/mol. The number of benzene rings is 2.